The van der Waals surface area contributed by atoms with Crippen molar-refractivity contribution in [3.8, 4) is 11.1 Å². The zero-order valence-corrected chi connectivity index (χ0v) is 13.5. The van der Waals surface area contributed by atoms with Crippen molar-refractivity contribution in [1.82, 2.24) is 0 Å². The molecule has 22 heavy (non-hydrogen) atoms. The van der Waals surface area contributed by atoms with Crippen LogP contribution in [0.1, 0.15) is 64.2 Å². The van der Waals surface area contributed by atoms with Crippen molar-refractivity contribution in [2.24, 2.45) is 0 Å². The molecular weight excluding hydrogens is 273 g/mol. The SMILES string of the molecule is OBO.c1c2cc(N(C3CCCCC3)C3CCCCC3)cc1-2. The summed E-state index contributed by atoms with van der Waals surface area (Å²) in [6, 6.07) is 8.86. The zero-order chi connectivity index (χ0) is 15.4. The molecule has 0 saturated heterocycles. The minimum atomic E-state index is -0.750. The van der Waals surface area contributed by atoms with E-state index in [2.05, 4.69) is 23.1 Å². The Bertz CT molecular complexity index is 444. The predicted octanol–water partition coefficient (Wildman–Crippen LogP) is 3.38. The van der Waals surface area contributed by atoms with Crippen LogP contribution < -0.4 is 4.90 Å². The summed E-state index contributed by atoms with van der Waals surface area (Å²) in [4.78, 5) is 2.85. The van der Waals surface area contributed by atoms with Gasteiger partial charge in [0.15, 0.2) is 0 Å². The third-order valence-electron chi connectivity index (χ3n) is 5.40. The molecule has 0 aliphatic heterocycles. The Labute approximate surface area is 134 Å². The van der Waals surface area contributed by atoms with Gasteiger partial charge in [-0.3, -0.25) is 0 Å². The number of anilines is 1. The van der Waals surface area contributed by atoms with Crippen LogP contribution in [0.15, 0.2) is 18.2 Å². The Morgan fingerprint density at radius 1 is 0.727 bits per heavy atom. The largest absolute Gasteiger partial charge is 0.432 e. The Morgan fingerprint density at radius 2 is 1.14 bits per heavy atom. The average molecular weight is 301 g/mol. The van der Waals surface area contributed by atoms with Crippen molar-refractivity contribution >= 4 is 13.4 Å². The molecule has 0 spiro atoms. The molecule has 0 heterocycles. The van der Waals surface area contributed by atoms with E-state index in [1.807, 2.05) is 0 Å². The molecule has 4 heteroatoms. The van der Waals surface area contributed by atoms with Crippen LogP contribution in [0.2, 0.25) is 0 Å². The molecule has 0 aromatic heterocycles. The summed E-state index contributed by atoms with van der Waals surface area (Å²) in [5.41, 5.74) is 4.56. The Kier molecular flexibility index (Phi) is 5.43. The molecule has 4 aliphatic carbocycles. The monoisotopic (exact) mass is 301 g/mol. The standard InChI is InChI=1S/C18H25N.BH3O2/c1-3-7-16(8-4-1)19(17-9-5-2-6-10-17)18-12-14-11-15(14)13-18;2-1-3/h11-13,16-17H,1-10H2;1-3H. The van der Waals surface area contributed by atoms with Gasteiger partial charge in [0.1, 0.15) is 0 Å². The Hall–Kier alpha value is -0.995. The summed E-state index contributed by atoms with van der Waals surface area (Å²) >= 11 is 0. The van der Waals surface area contributed by atoms with Crippen LogP contribution in [-0.2, 0) is 0 Å². The predicted molar refractivity (Wildman–Crippen MR) is 93.2 cm³/mol. The molecule has 2 saturated carbocycles. The molecule has 2 N–H and O–H groups in total. The van der Waals surface area contributed by atoms with Gasteiger partial charge in [0, 0.05) is 17.8 Å². The van der Waals surface area contributed by atoms with E-state index in [9.17, 15) is 0 Å². The highest BCUT2D eigenvalue weighted by atomic mass is 16.4. The molecule has 4 aliphatic rings. The normalized spacial score (nSPS) is 20.8. The van der Waals surface area contributed by atoms with Crippen molar-refractivity contribution < 1.29 is 10.0 Å². The van der Waals surface area contributed by atoms with Crippen molar-refractivity contribution in [3.63, 3.8) is 0 Å². The lowest BCUT2D eigenvalue weighted by Gasteiger charge is -2.43. The fourth-order valence-electron chi connectivity index (χ4n) is 4.33. The maximum atomic E-state index is 7.12. The van der Waals surface area contributed by atoms with Gasteiger partial charge >= 0.3 is 7.69 Å². The van der Waals surface area contributed by atoms with Crippen LogP contribution >= 0.6 is 0 Å². The van der Waals surface area contributed by atoms with E-state index in [0.717, 1.165) is 12.1 Å². The van der Waals surface area contributed by atoms with E-state index in [-0.39, 0.29) is 0 Å². The summed E-state index contributed by atoms with van der Waals surface area (Å²) in [5.74, 6) is 0. The highest BCUT2D eigenvalue weighted by Crippen LogP contribution is 2.43. The van der Waals surface area contributed by atoms with Gasteiger partial charge in [0.25, 0.3) is 0 Å². The number of rotatable bonds is 3. The van der Waals surface area contributed by atoms with Gasteiger partial charge in [-0.15, -0.1) is 0 Å². The minimum absolute atomic E-state index is 0.750. The number of benzene rings is 1. The molecule has 0 aromatic rings. The van der Waals surface area contributed by atoms with Crippen LogP contribution in [0.5, 0.6) is 0 Å². The highest BCUT2D eigenvalue weighted by molar-refractivity contribution is 6.13. The van der Waals surface area contributed by atoms with Crippen molar-refractivity contribution in [2.45, 2.75) is 76.3 Å². The van der Waals surface area contributed by atoms with Crippen LogP contribution in [0.4, 0.5) is 5.69 Å². The summed E-state index contributed by atoms with van der Waals surface area (Å²) in [6.07, 6.45) is 14.4. The number of fused-ring (bicyclic) bond motifs is 1. The maximum absolute atomic E-state index is 7.12. The third-order valence-corrected chi connectivity index (χ3v) is 5.40. The Balaban J connectivity index is 0.000000446. The van der Waals surface area contributed by atoms with Gasteiger partial charge in [-0.25, -0.2) is 0 Å². The second-order valence-corrected chi connectivity index (χ2v) is 6.90. The second kappa shape index (κ2) is 7.52. The first-order chi connectivity index (χ1) is 10.8. The van der Waals surface area contributed by atoms with Gasteiger partial charge < -0.3 is 14.9 Å². The van der Waals surface area contributed by atoms with Crippen molar-refractivity contribution in [3.05, 3.63) is 18.2 Å². The van der Waals surface area contributed by atoms with Crippen molar-refractivity contribution in [1.29, 1.82) is 0 Å². The summed E-state index contributed by atoms with van der Waals surface area (Å²) in [6.45, 7) is 0. The van der Waals surface area contributed by atoms with E-state index in [4.69, 9.17) is 10.0 Å². The third kappa shape index (κ3) is 3.66. The van der Waals surface area contributed by atoms with E-state index < -0.39 is 7.69 Å². The number of hydrogen-bond donors (Lipinski definition) is 2. The molecule has 4 rings (SSSR count). The molecule has 0 aromatic carbocycles. The molecule has 0 atom stereocenters. The molecule has 0 unspecified atom stereocenters. The first kappa shape index (κ1) is 15.9. The lowest BCUT2D eigenvalue weighted by molar-refractivity contribution is 0.340. The second-order valence-electron chi connectivity index (χ2n) is 6.90. The van der Waals surface area contributed by atoms with Gasteiger partial charge in [0.05, 0.1) is 0 Å². The van der Waals surface area contributed by atoms with Crippen LogP contribution in [0, 0.1) is 0 Å². The van der Waals surface area contributed by atoms with Gasteiger partial charge in [-0.2, -0.15) is 0 Å². The van der Waals surface area contributed by atoms with E-state index in [1.54, 1.807) is 5.69 Å². The van der Waals surface area contributed by atoms with Gasteiger partial charge in [-0.1, -0.05) is 38.5 Å². The van der Waals surface area contributed by atoms with E-state index in [1.165, 1.54) is 75.3 Å². The first-order valence-corrected chi connectivity index (χ1v) is 8.99. The zero-order valence-electron chi connectivity index (χ0n) is 13.5. The smallest absolute Gasteiger partial charge is 0.430 e. The number of nitrogens with zero attached hydrogens (tertiary/aromatic N) is 1. The van der Waals surface area contributed by atoms with Crippen molar-refractivity contribution in [2.75, 3.05) is 4.90 Å². The maximum Gasteiger partial charge on any atom is 0.432 e. The highest BCUT2D eigenvalue weighted by Gasteiger charge is 2.31. The Morgan fingerprint density at radius 3 is 1.55 bits per heavy atom. The first-order valence-electron chi connectivity index (χ1n) is 8.99. The van der Waals surface area contributed by atoms with Crippen LogP contribution in [0.25, 0.3) is 11.1 Å². The topological polar surface area (TPSA) is 43.7 Å². The van der Waals surface area contributed by atoms with Crippen LogP contribution in [0.3, 0.4) is 0 Å². The summed E-state index contributed by atoms with van der Waals surface area (Å²) in [5, 5.41) is 14.2. The molecule has 3 nitrogen and oxygen atoms in total. The van der Waals surface area contributed by atoms with E-state index >= 15 is 0 Å². The molecule has 2 fully saturated rings. The molecule has 120 valence electrons. The molecule has 0 radical (unpaired) electrons. The molecular formula is C18H28BNO2. The average Bonchev–Trinajstić information content (AvgIpc) is 3.17. The summed E-state index contributed by atoms with van der Waals surface area (Å²) in [7, 11) is -0.750. The van der Waals surface area contributed by atoms with Crippen LogP contribution in [-0.4, -0.2) is 29.8 Å². The fourth-order valence-corrected chi connectivity index (χ4v) is 4.33. The lowest BCUT2D eigenvalue weighted by atomic mass is 9.88. The lowest BCUT2D eigenvalue weighted by Crippen LogP contribution is -2.45. The molecule has 0 bridgehead atoms. The summed E-state index contributed by atoms with van der Waals surface area (Å²) < 4.78 is 0. The molecule has 0 amide bonds. The van der Waals surface area contributed by atoms with Gasteiger partial charge in [-0.05, 0) is 55.0 Å². The minimum Gasteiger partial charge on any atom is -0.430 e. The van der Waals surface area contributed by atoms with Gasteiger partial charge in [0.2, 0.25) is 0 Å². The number of hydrogen-bond acceptors (Lipinski definition) is 3. The quantitative estimate of drug-likeness (QED) is 0.854. The van der Waals surface area contributed by atoms with E-state index in [0.29, 0.717) is 0 Å². The fraction of sp³-hybridized carbons (Fsp3) is 0.667.